The average molecular weight is 449 g/mol. The maximum atomic E-state index is 11.8. The monoisotopic (exact) mass is 449 g/mol. The van der Waals surface area contributed by atoms with Gasteiger partial charge in [-0.05, 0) is 48.9 Å². The quantitative estimate of drug-likeness (QED) is 0.189. The van der Waals surface area contributed by atoms with Crippen molar-refractivity contribution in [3.8, 4) is 11.5 Å². The van der Waals surface area contributed by atoms with E-state index in [1.54, 1.807) is 25.1 Å². The lowest BCUT2D eigenvalue weighted by molar-refractivity contribution is -0.143. The van der Waals surface area contributed by atoms with E-state index >= 15 is 0 Å². The summed E-state index contributed by atoms with van der Waals surface area (Å²) in [5, 5.41) is 10.6. The Labute approximate surface area is 183 Å². The summed E-state index contributed by atoms with van der Waals surface area (Å²) in [7, 11) is 2.75. The molecule has 166 valence electrons. The highest BCUT2D eigenvalue weighted by molar-refractivity contribution is 8.18. The van der Waals surface area contributed by atoms with Gasteiger partial charge in [0.15, 0.2) is 16.7 Å². The molecule has 1 fully saturated rings. The smallest absolute Gasteiger partial charge is 0.331 e. The van der Waals surface area contributed by atoms with Gasteiger partial charge in [0.25, 0.3) is 5.91 Å². The molecule has 1 aliphatic heterocycles. The fourth-order valence-electron chi connectivity index (χ4n) is 2.31. The van der Waals surface area contributed by atoms with Crippen molar-refractivity contribution >= 4 is 41.0 Å². The maximum Gasteiger partial charge on any atom is 0.331 e. The lowest BCUT2D eigenvalue weighted by atomic mass is 10.2. The predicted molar refractivity (Wildman–Crippen MR) is 115 cm³/mol. The first kappa shape index (κ1) is 23.9. The first-order chi connectivity index (χ1) is 15.0. The van der Waals surface area contributed by atoms with E-state index < -0.39 is 11.9 Å². The molecule has 11 heteroatoms. The number of rotatable bonds is 10. The molecule has 1 aromatic rings. The summed E-state index contributed by atoms with van der Waals surface area (Å²) in [5.41, 5.74) is 0.685. The number of nitrogens with zero attached hydrogens (tertiary/aromatic N) is 2. The van der Waals surface area contributed by atoms with E-state index in [9.17, 15) is 14.4 Å². The number of hydrogen-bond acceptors (Lipinski definition) is 10. The number of benzene rings is 1. The van der Waals surface area contributed by atoms with Crippen LogP contribution in [0.5, 0.6) is 11.5 Å². The van der Waals surface area contributed by atoms with Crippen molar-refractivity contribution in [2.24, 2.45) is 10.2 Å². The molecule has 0 aliphatic carbocycles. The van der Waals surface area contributed by atoms with Crippen LogP contribution in [0.15, 0.2) is 39.4 Å². The van der Waals surface area contributed by atoms with Crippen molar-refractivity contribution in [1.82, 2.24) is 5.32 Å². The van der Waals surface area contributed by atoms with Gasteiger partial charge in [-0.1, -0.05) is 0 Å². The van der Waals surface area contributed by atoms with Crippen molar-refractivity contribution in [1.29, 1.82) is 0 Å². The molecule has 0 saturated carbocycles. The molecule has 1 heterocycles. The third-order valence-corrected chi connectivity index (χ3v) is 4.63. The van der Waals surface area contributed by atoms with Crippen molar-refractivity contribution in [3.63, 3.8) is 0 Å². The summed E-state index contributed by atoms with van der Waals surface area (Å²) in [6.07, 6.45) is 3.34. The van der Waals surface area contributed by atoms with Crippen molar-refractivity contribution < 1.29 is 33.3 Å². The van der Waals surface area contributed by atoms with Crippen LogP contribution in [0.2, 0.25) is 0 Å². The fraction of sp³-hybridized carbons (Fsp3) is 0.350. The van der Waals surface area contributed by atoms with Crippen LogP contribution in [0.4, 0.5) is 0 Å². The van der Waals surface area contributed by atoms with Crippen LogP contribution >= 0.6 is 11.8 Å². The van der Waals surface area contributed by atoms with E-state index in [0.29, 0.717) is 36.7 Å². The predicted octanol–water partition coefficient (Wildman–Crippen LogP) is 2.03. The SMILES string of the molecule is CCOC(=O)CCCOc1cc(C=N/N=C2/NC(=O)/C(=C\C(=O)OC)S2)ccc1OC. The lowest BCUT2D eigenvalue weighted by Crippen LogP contribution is -2.19. The first-order valence-electron chi connectivity index (χ1n) is 9.33. The topological polar surface area (TPSA) is 125 Å². The summed E-state index contributed by atoms with van der Waals surface area (Å²) in [4.78, 5) is 34.6. The highest BCUT2D eigenvalue weighted by Crippen LogP contribution is 2.28. The molecule has 1 amide bonds. The van der Waals surface area contributed by atoms with Crippen LogP contribution in [-0.2, 0) is 23.9 Å². The molecule has 0 bridgehead atoms. The van der Waals surface area contributed by atoms with Gasteiger partial charge in [-0.25, -0.2) is 4.79 Å². The molecule has 1 aromatic carbocycles. The van der Waals surface area contributed by atoms with E-state index in [1.165, 1.54) is 20.4 Å². The number of amides is 1. The summed E-state index contributed by atoms with van der Waals surface area (Å²) in [5.74, 6) is -0.312. The van der Waals surface area contributed by atoms with E-state index in [-0.39, 0.29) is 22.5 Å². The zero-order chi connectivity index (χ0) is 22.6. The van der Waals surface area contributed by atoms with Crippen LogP contribution < -0.4 is 14.8 Å². The van der Waals surface area contributed by atoms with Crippen LogP contribution in [0, 0.1) is 0 Å². The average Bonchev–Trinajstić information content (AvgIpc) is 3.10. The minimum Gasteiger partial charge on any atom is -0.493 e. The molecule has 10 nitrogen and oxygen atoms in total. The standard InChI is InChI=1S/C20H23N3O7S/c1-4-29-17(24)6-5-9-30-15-10-13(7-8-14(15)27-2)12-21-23-20-22-19(26)16(31-20)11-18(25)28-3/h7-8,10-12H,4-6,9H2,1-3H3,(H,22,23,26)/b16-11+,21-12?. The summed E-state index contributed by atoms with van der Waals surface area (Å²) in [6.45, 7) is 2.43. The molecule has 0 aromatic heterocycles. The summed E-state index contributed by atoms with van der Waals surface area (Å²) < 4.78 is 20.4. The highest BCUT2D eigenvalue weighted by atomic mass is 32.2. The van der Waals surface area contributed by atoms with Gasteiger partial charge < -0.3 is 18.9 Å². The Morgan fingerprint density at radius 1 is 1.23 bits per heavy atom. The highest BCUT2D eigenvalue weighted by Gasteiger charge is 2.25. The van der Waals surface area contributed by atoms with Gasteiger partial charge in [0.2, 0.25) is 0 Å². The molecular weight excluding hydrogens is 426 g/mol. The Morgan fingerprint density at radius 2 is 2.03 bits per heavy atom. The second-order valence-corrected chi connectivity index (χ2v) is 6.94. The van der Waals surface area contributed by atoms with E-state index in [0.717, 1.165) is 17.8 Å². The minimum absolute atomic E-state index is 0.170. The largest absolute Gasteiger partial charge is 0.493 e. The number of hydrogen-bond donors (Lipinski definition) is 1. The number of ether oxygens (including phenoxy) is 4. The number of carbonyl (C=O) groups excluding carboxylic acids is 3. The van der Waals surface area contributed by atoms with Gasteiger partial charge in [0.1, 0.15) is 0 Å². The third-order valence-electron chi connectivity index (χ3n) is 3.73. The first-order valence-corrected chi connectivity index (χ1v) is 10.1. The van der Waals surface area contributed by atoms with Crippen molar-refractivity contribution in [3.05, 3.63) is 34.7 Å². The second kappa shape index (κ2) is 12.4. The molecule has 0 atom stereocenters. The number of methoxy groups -OCH3 is 2. The van der Waals surface area contributed by atoms with Gasteiger partial charge >= 0.3 is 11.9 Å². The number of amidine groups is 1. The minimum atomic E-state index is -0.629. The number of esters is 2. The van der Waals surface area contributed by atoms with E-state index in [2.05, 4.69) is 20.3 Å². The third kappa shape index (κ3) is 7.78. The Hall–Kier alpha value is -3.34. The Bertz CT molecular complexity index is 912. The van der Waals surface area contributed by atoms with Crippen LogP contribution in [0.1, 0.15) is 25.3 Å². The second-order valence-electron chi connectivity index (χ2n) is 5.90. The number of carbonyl (C=O) groups is 3. The van der Waals surface area contributed by atoms with Crippen molar-refractivity contribution in [2.75, 3.05) is 27.4 Å². The van der Waals surface area contributed by atoms with Gasteiger partial charge in [-0.3, -0.25) is 14.9 Å². The molecule has 0 spiro atoms. The molecule has 0 radical (unpaired) electrons. The van der Waals surface area contributed by atoms with Gasteiger partial charge in [-0.15, -0.1) is 5.10 Å². The summed E-state index contributed by atoms with van der Waals surface area (Å²) >= 11 is 0.980. The Balaban J connectivity index is 1.98. The van der Waals surface area contributed by atoms with Gasteiger partial charge in [0, 0.05) is 12.5 Å². The lowest BCUT2D eigenvalue weighted by Gasteiger charge is -2.11. The molecule has 31 heavy (non-hydrogen) atoms. The molecule has 1 N–H and O–H groups in total. The van der Waals surface area contributed by atoms with E-state index in [1.807, 2.05) is 0 Å². The molecule has 1 aliphatic rings. The molecule has 2 rings (SSSR count). The van der Waals surface area contributed by atoms with E-state index in [4.69, 9.17) is 14.2 Å². The van der Waals surface area contributed by atoms with Crippen LogP contribution in [0.25, 0.3) is 0 Å². The molecule has 0 unspecified atom stereocenters. The van der Waals surface area contributed by atoms with Crippen LogP contribution in [-0.4, -0.2) is 56.7 Å². The van der Waals surface area contributed by atoms with Crippen LogP contribution in [0.3, 0.4) is 0 Å². The van der Waals surface area contributed by atoms with Crippen molar-refractivity contribution in [2.45, 2.75) is 19.8 Å². The zero-order valence-electron chi connectivity index (χ0n) is 17.4. The number of thioether (sulfide) groups is 1. The Morgan fingerprint density at radius 3 is 2.74 bits per heavy atom. The van der Waals surface area contributed by atoms with Gasteiger partial charge in [-0.2, -0.15) is 5.10 Å². The normalized spacial score (nSPS) is 15.9. The molecule has 1 saturated heterocycles. The zero-order valence-corrected chi connectivity index (χ0v) is 18.2. The maximum absolute atomic E-state index is 11.8. The molecular formula is C20H23N3O7S. The fourth-order valence-corrected chi connectivity index (χ4v) is 3.05. The summed E-state index contributed by atoms with van der Waals surface area (Å²) in [6, 6.07) is 5.20. The number of nitrogens with one attached hydrogen (secondary N) is 1. The van der Waals surface area contributed by atoms with Gasteiger partial charge in [0.05, 0.1) is 38.6 Å². The Kier molecular flexibility index (Phi) is 9.56.